The zero-order valence-corrected chi connectivity index (χ0v) is 13.5. The SMILES string of the molecule is CCOc1ccc(CC(=O)Oc2ccc3c(c2)CCCC3)cc1. The Morgan fingerprint density at radius 3 is 2.39 bits per heavy atom. The lowest BCUT2D eigenvalue weighted by atomic mass is 9.92. The van der Waals surface area contributed by atoms with Crippen molar-refractivity contribution in [2.24, 2.45) is 0 Å². The molecule has 0 atom stereocenters. The summed E-state index contributed by atoms with van der Waals surface area (Å²) in [5.41, 5.74) is 3.64. The first kappa shape index (κ1) is 15.6. The Kier molecular flexibility index (Phi) is 4.96. The highest BCUT2D eigenvalue weighted by Crippen LogP contribution is 2.25. The number of fused-ring (bicyclic) bond motifs is 1. The summed E-state index contributed by atoms with van der Waals surface area (Å²) in [6.45, 7) is 2.59. The van der Waals surface area contributed by atoms with Crippen LogP contribution in [0.25, 0.3) is 0 Å². The van der Waals surface area contributed by atoms with E-state index in [1.807, 2.05) is 43.3 Å². The van der Waals surface area contributed by atoms with E-state index in [0.717, 1.165) is 24.2 Å². The van der Waals surface area contributed by atoms with Gasteiger partial charge in [0, 0.05) is 0 Å². The summed E-state index contributed by atoms with van der Waals surface area (Å²) in [4.78, 5) is 12.1. The van der Waals surface area contributed by atoms with Gasteiger partial charge in [0.2, 0.25) is 0 Å². The molecule has 23 heavy (non-hydrogen) atoms. The largest absolute Gasteiger partial charge is 0.494 e. The van der Waals surface area contributed by atoms with Gasteiger partial charge in [0.25, 0.3) is 0 Å². The number of ether oxygens (including phenoxy) is 2. The molecular weight excluding hydrogens is 288 g/mol. The molecule has 0 aliphatic heterocycles. The monoisotopic (exact) mass is 310 g/mol. The van der Waals surface area contributed by atoms with E-state index >= 15 is 0 Å². The van der Waals surface area contributed by atoms with Crippen LogP contribution in [0.1, 0.15) is 36.5 Å². The zero-order chi connectivity index (χ0) is 16.1. The lowest BCUT2D eigenvalue weighted by Gasteiger charge is -2.16. The number of rotatable bonds is 5. The van der Waals surface area contributed by atoms with Crippen molar-refractivity contribution in [3.8, 4) is 11.5 Å². The van der Waals surface area contributed by atoms with Crippen LogP contribution < -0.4 is 9.47 Å². The summed E-state index contributed by atoms with van der Waals surface area (Å²) < 4.78 is 10.9. The minimum atomic E-state index is -0.232. The van der Waals surface area contributed by atoms with Gasteiger partial charge in [-0.1, -0.05) is 18.2 Å². The molecule has 120 valence electrons. The molecule has 3 nitrogen and oxygen atoms in total. The summed E-state index contributed by atoms with van der Waals surface area (Å²) >= 11 is 0. The molecule has 3 rings (SSSR count). The van der Waals surface area contributed by atoms with Crippen molar-refractivity contribution < 1.29 is 14.3 Å². The molecular formula is C20H22O3. The molecule has 1 aliphatic rings. The Morgan fingerprint density at radius 1 is 0.957 bits per heavy atom. The topological polar surface area (TPSA) is 35.5 Å². The van der Waals surface area contributed by atoms with Crippen molar-refractivity contribution in [2.75, 3.05) is 6.61 Å². The highest BCUT2D eigenvalue weighted by molar-refractivity contribution is 5.75. The number of aryl methyl sites for hydroxylation is 2. The molecule has 0 unspecified atom stereocenters. The van der Waals surface area contributed by atoms with Crippen molar-refractivity contribution in [1.29, 1.82) is 0 Å². The predicted octanol–water partition coefficient (Wildman–Crippen LogP) is 4.11. The Hall–Kier alpha value is -2.29. The van der Waals surface area contributed by atoms with Gasteiger partial charge < -0.3 is 9.47 Å². The zero-order valence-electron chi connectivity index (χ0n) is 13.5. The Balaban J connectivity index is 1.60. The number of hydrogen-bond donors (Lipinski definition) is 0. The van der Waals surface area contributed by atoms with Crippen LogP contribution in [0, 0.1) is 0 Å². The van der Waals surface area contributed by atoms with E-state index in [9.17, 15) is 4.79 Å². The molecule has 3 heteroatoms. The molecule has 1 aliphatic carbocycles. The quantitative estimate of drug-likeness (QED) is 0.616. The van der Waals surface area contributed by atoms with Crippen LogP contribution in [0.4, 0.5) is 0 Å². The third-order valence-electron chi connectivity index (χ3n) is 4.13. The molecule has 0 heterocycles. The number of carbonyl (C=O) groups excluding carboxylic acids is 1. The highest BCUT2D eigenvalue weighted by atomic mass is 16.5. The van der Waals surface area contributed by atoms with Gasteiger partial charge in [-0.15, -0.1) is 0 Å². The number of benzene rings is 2. The second kappa shape index (κ2) is 7.32. The van der Waals surface area contributed by atoms with Gasteiger partial charge in [-0.3, -0.25) is 4.79 Å². The van der Waals surface area contributed by atoms with Crippen molar-refractivity contribution in [3.63, 3.8) is 0 Å². The van der Waals surface area contributed by atoms with Crippen LogP contribution in [-0.2, 0) is 24.1 Å². The lowest BCUT2D eigenvalue weighted by Crippen LogP contribution is -2.12. The molecule has 0 fully saturated rings. The highest BCUT2D eigenvalue weighted by Gasteiger charge is 2.12. The molecule has 0 aromatic heterocycles. The van der Waals surface area contributed by atoms with Crippen molar-refractivity contribution in [1.82, 2.24) is 0 Å². The van der Waals surface area contributed by atoms with Crippen LogP contribution in [-0.4, -0.2) is 12.6 Å². The fourth-order valence-corrected chi connectivity index (χ4v) is 2.98. The van der Waals surface area contributed by atoms with Crippen LogP contribution in [0.3, 0.4) is 0 Å². The van der Waals surface area contributed by atoms with Gasteiger partial charge >= 0.3 is 5.97 Å². The molecule has 0 N–H and O–H groups in total. The van der Waals surface area contributed by atoms with E-state index in [1.165, 1.54) is 24.0 Å². The van der Waals surface area contributed by atoms with Gasteiger partial charge in [0.15, 0.2) is 0 Å². The van der Waals surface area contributed by atoms with Gasteiger partial charge in [-0.25, -0.2) is 0 Å². The van der Waals surface area contributed by atoms with Crippen molar-refractivity contribution >= 4 is 5.97 Å². The minimum Gasteiger partial charge on any atom is -0.494 e. The van der Waals surface area contributed by atoms with Crippen molar-refractivity contribution in [3.05, 3.63) is 59.2 Å². The van der Waals surface area contributed by atoms with Crippen LogP contribution in [0.5, 0.6) is 11.5 Å². The standard InChI is InChI=1S/C20H22O3/c1-2-22-18-10-7-15(8-11-18)13-20(21)23-19-12-9-16-5-3-4-6-17(16)14-19/h7-12,14H,2-6,13H2,1H3. The third-order valence-corrected chi connectivity index (χ3v) is 4.13. The average molecular weight is 310 g/mol. The van der Waals surface area contributed by atoms with Gasteiger partial charge in [0.05, 0.1) is 13.0 Å². The first-order chi connectivity index (χ1) is 11.2. The van der Waals surface area contributed by atoms with E-state index in [4.69, 9.17) is 9.47 Å². The van der Waals surface area contributed by atoms with E-state index < -0.39 is 0 Å². The summed E-state index contributed by atoms with van der Waals surface area (Å²) in [6, 6.07) is 13.6. The smallest absolute Gasteiger partial charge is 0.315 e. The summed E-state index contributed by atoms with van der Waals surface area (Å²) in [6.07, 6.45) is 4.96. The first-order valence-electron chi connectivity index (χ1n) is 8.29. The summed E-state index contributed by atoms with van der Waals surface area (Å²) in [7, 11) is 0. The average Bonchev–Trinajstić information content (AvgIpc) is 2.57. The maximum atomic E-state index is 12.1. The van der Waals surface area contributed by atoms with E-state index in [-0.39, 0.29) is 12.4 Å². The molecule has 2 aromatic carbocycles. The summed E-state index contributed by atoms with van der Waals surface area (Å²) in [5.74, 6) is 1.24. The van der Waals surface area contributed by atoms with E-state index in [0.29, 0.717) is 12.4 Å². The van der Waals surface area contributed by atoms with Gasteiger partial charge in [0.1, 0.15) is 11.5 Å². The Bertz CT molecular complexity index is 674. The molecule has 0 bridgehead atoms. The predicted molar refractivity (Wildman–Crippen MR) is 90.0 cm³/mol. The molecule has 0 spiro atoms. The van der Waals surface area contributed by atoms with Crippen LogP contribution in [0.15, 0.2) is 42.5 Å². The van der Waals surface area contributed by atoms with Crippen LogP contribution >= 0.6 is 0 Å². The Morgan fingerprint density at radius 2 is 1.65 bits per heavy atom. The normalized spacial score (nSPS) is 13.3. The fourth-order valence-electron chi connectivity index (χ4n) is 2.98. The third kappa shape index (κ3) is 4.13. The number of carbonyl (C=O) groups is 1. The lowest BCUT2D eigenvalue weighted by molar-refractivity contribution is -0.133. The fraction of sp³-hybridized carbons (Fsp3) is 0.350. The minimum absolute atomic E-state index is 0.232. The van der Waals surface area contributed by atoms with Gasteiger partial charge in [-0.2, -0.15) is 0 Å². The molecule has 2 aromatic rings. The molecule has 0 saturated carbocycles. The first-order valence-corrected chi connectivity index (χ1v) is 8.29. The molecule has 0 saturated heterocycles. The second-order valence-corrected chi connectivity index (χ2v) is 5.87. The van der Waals surface area contributed by atoms with Gasteiger partial charge in [-0.05, 0) is 73.6 Å². The molecule has 0 radical (unpaired) electrons. The van der Waals surface area contributed by atoms with Crippen molar-refractivity contribution in [2.45, 2.75) is 39.0 Å². The number of hydrogen-bond acceptors (Lipinski definition) is 3. The molecule has 0 amide bonds. The maximum Gasteiger partial charge on any atom is 0.315 e. The Labute approximate surface area is 137 Å². The van der Waals surface area contributed by atoms with E-state index in [1.54, 1.807) is 0 Å². The number of esters is 1. The summed E-state index contributed by atoms with van der Waals surface area (Å²) in [5, 5.41) is 0. The van der Waals surface area contributed by atoms with E-state index in [2.05, 4.69) is 6.07 Å². The second-order valence-electron chi connectivity index (χ2n) is 5.87. The maximum absolute atomic E-state index is 12.1. The van der Waals surface area contributed by atoms with Crippen LogP contribution in [0.2, 0.25) is 0 Å².